The third-order valence-corrected chi connectivity index (χ3v) is 4.45. The van der Waals surface area contributed by atoms with Gasteiger partial charge in [-0.05, 0) is 48.1 Å². The molecular formula is C14H16NS. The molecule has 2 heterocycles. The third-order valence-electron chi connectivity index (χ3n) is 3.47. The van der Waals surface area contributed by atoms with E-state index >= 15 is 0 Å². The number of nitrogens with zero attached hydrogens (tertiary/aromatic N) is 1. The number of hydrogen-bond donors (Lipinski definition) is 0. The maximum absolute atomic E-state index is 4.44. The van der Waals surface area contributed by atoms with Crippen LogP contribution >= 0.6 is 11.3 Å². The molecule has 2 heteroatoms. The average molecular weight is 230 g/mol. The molecular weight excluding hydrogens is 214 g/mol. The number of aryl methyl sites for hydroxylation is 1. The van der Waals surface area contributed by atoms with Crippen molar-refractivity contribution < 1.29 is 0 Å². The van der Waals surface area contributed by atoms with E-state index in [0.29, 0.717) is 0 Å². The fourth-order valence-corrected chi connectivity index (χ4v) is 3.56. The van der Waals surface area contributed by atoms with E-state index in [4.69, 9.17) is 0 Å². The Labute approximate surface area is 100 Å². The molecule has 2 aromatic rings. The van der Waals surface area contributed by atoms with Gasteiger partial charge < -0.3 is 0 Å². The van der Waals surface area contributed by atoms with Crippen LogP contribution in [0.4, 0.5) is 0 Å². The highest BCUT2D eigenvalue weighted by molar-refractivity contribution is 7.17. The zero-order valence-corrected chi connectivity index (χ0v) is 10.4. The van der Waals surface area contributed by atoms with E-state index in [1.807, 2.05) is 11.3 Å². The Morgan fingerprint density at radius 1 is 1.25 bits per heavy atom. The highest BCUT2D eigenvalue weighted by atomic mass is 32.1. The molecule has 0 amide bonds. The van der Waals surface area contributed by atoms with Gasteiger partial charge in [-0.1, -0.05) is 17.7 Å². The molecule has 83 valence electrons. The van der Waals surface area contributed by atoms with Crippen molar-refractivity contribution >= 4 is 21.4 Å². The van der Waals surface area contributed by atoms with Crippen molar-refractivity contribution in [1.82, 2.24) is 5.32 Å². The summed E-state index contributed by atoms with van der Waals surface area (Å²) in [5, 5.41) is 8.28. The summed E-state index contributed by atoms with van der Waals surface area (Å²) in [4.78, 5) is 0. The summed E-state index contributed by atoms with van der Waals surface area (Å²) in [7, 11) is 0. The SMILES string of the molecule is Cc1ccc2scc(C3CC[N]CC3)c2c1. The van der Waals surface area contributed by atoms with Crippen LogP contribution in [0.2, 0.25) is 0 Å². The lowest BCUT2D eigenvalue weighted by atomic mass is 9.90. The molecule has 16 heavy (non-hydrogen) atoms. The Balaban J connectivity index is 2.05. The van der Waals surface area contributed by atoms with Crippen LogP contribution in [-0.4, -0.2) is 13.1 Å². The van der Waals surface area contributed by atoms with Crippen LogP contribution in [0.15, 0.2) is 23.6 Å². The molecule has 0 aliphatic carbocycles. The quantitative estimate of drug-likeness (QED) is 0.709. The summed E-state index contributed by atoms with van der Waals surface area (Å²) in [5.41, 5.74) is 2.94. The van der Waals surface area contributed by atoms with Gasteiger partial charge in [0.1, 0.15) is 0 Å². The molecule has 3 rings (SSSR count). The monoisotopic (exact) mass is 230 g/mol. The molecule has 1 aliphatic heterocycles. The molecule has 0 bridgehead atoms. The van der Waals surface area contributed by atoms with E-state index in [1.165, 1.54) is 28.5 Å². The van der Waals surface area contributed by atoms with Crippen molar-refractivity contribution in [2.24, 2.45) is 0 Å². The minimum Gasteiger partial charge on any atom is -0.242 e. The summed E-state index contributed by atoms with van der Waals surface area (Å²) < 4.78 is 1.43. The number of rotatable bonds is 1. The number of fused-ring (bicyclic) bond motifs is 1. The maximum Gasteiger partial charge on any atom is 0.0345 e. The minimum atomic E-state index is 0.744. The van der Waals surface area contributed by atoms with Crippen LogP contribution in [-0.2, 0) is 0 Å². The molecule has 1 aromatic carbocycles. The van der Waals surface area contributed by atoms with Gasteiger partial charge in [0.05, 0.1) is 0 Å². The lowest BCUT2D eigenvalue weighted by molar-refractivity contribution is 0.456. The van der Waals surface area contributed by atoms with E-state index in [-0.39, 0.29) is 0 Å². The normalized spacial score (nSPS) is 18.1. The summed E-state index contributed by atoms with van der Waals surface area (Å²) in [5.74, 6) is 0.744. The standard InChI is InChI=1S/C14H16NS/c1-10-2-3-14-12(8-10)13(9-16-14)11-4-6-15-7-5-11/h2-3,8-9,11H,4-7H2,1H3. The lowest BCUT2D eigenvalue weighted by Gasteiger charge is -2.21. The zero-order valence-electron chi connectivity index (χ0n) is 9.57. The van der Waals surface area contributed by atoms with Crippen LogP contribution < -0.4 is 5.32 Å². The summed E-state index contributed by atoms with van der Waals surface area (Å²) in [6, 6.07) is 6.80. The van der Waals surface area contributed by atoms with Crippen molar-refractivity contribution in [3.63, 3.8) is 0 Å². The van der Waals surface area contributed by atoms with Crippen LogP contribution in [0, 0.1) is 6.92 Å². The van der Waals surface area contributed by atoms with E-state index < -0.39 is 0 Å². The first-order valence-corrected chi connectivity index (χ1v) is 6.83. The second kappa shape index (κ2) is 4.19. The summed E-state index contributed by atoms with van der Waals surface area (Å²) in [6.45, 7) is 4.28. The molecule has 0 atom stereocenters. The van der Waals surface area contributed by atoms with Gasteiger partial charge in [-0.2, -0.15) is 0 Å². The van der Waals surface area contributed by atoms with Crippen LogP contribution in [0.5, 0.6) is 0 Å². The fourth-order valence-electron chi connectivity index (χ4n) is 2.54. The zero-order chi connectivity index (χ0) is 11.0. The molecule has 1 nitrogen and oxygen atoms in total. The molecule has 0 saturated carbocycles. The average Bonchev–Trinajstić information content (AvgIpc) is 2.73. The molecule has 0 N–H and O–H groups in total. The maximum atomic E-state index is 4.44. The van der Waals surface area contributed by atoms with Crippen molar-refractivity contribution in [3.05, 3.63) is 34.7 Å². The molecule has 0 unspecified atom stereocenters. The second-order valence-corrected chi connectivity index (χ2v) is 5.55. The van der Waals surface area contributed by atoms with E-state index in [1.54, 1.807) is 5.56 Å². The van der Waals surface area contributed by atoms with Gasteiger partial charge in [0.15, 0.2) is 0 Å². The first-order chi connectivity index (χ1) is 7.84. The largest absolute Gasteiger partial charge is 0.242 e. The number of thiophene rings is 1. The van der Waals surface area contributed by atoms with Crippen LogP contribution in [0.25, 0.3) is 10.1 Å². The molecule has 1 radical (unpaired) electrons. The summed E-state index contributed by atoms with van der Waals surface area (Å²) >= 11 is 1.89. The minimum absolute atomic E-state index is 0.744. The number of benzene rings is 1. The highest BCUT2D eigenvalue weighted by Crippen LogP contribution is 2.36. The van der Waals surface area contributed by atoms with Gasteiger partial charge in [0.2, 0.25) is 0 Å². The van der Waals surface area contributed by atoms with E-state index in [2.05, 4.69) is 35.8 Å². The molecule has 0 spiro atoms. The van der Waals surface area contributed by atoms with Crippen molar-refractivity contribution in [2.45, 2.75) is 25.7 Å². The first-order valence-electron chi connectivity index (χ1n) is 5.95. The number of piperidine rings is 1. The Morgan fingerprint density at radius 3 is 2.88 bits per heavy atom. The lowest BCUT2D eigenvalue weighted by Crippen LogP contribution is -2.20. The Morgan fingerprint density at radius 2 is 2.06 bits per heavy atom. The van der Waals surface area contributed by atoms with Crippen molar-refractivity contribution in [1.29, 1.82) is 0 Å². The molecule has 1 aliphatic rings. The third kappa shape index (κ3) is 1.76. The van der Waals surface area contributed by atoms with Gasteiger partial charge in [-0.25, -0.2) is 5.32 Å². The Hall–Kier alpha value is -0.860. The van der Waals surface area contributed by atoms with Gasteiger partial charge in [-0.3, -0.25) is 0 Å². The van der Waals surface area contributed by atoms with Crippen molar-refractivity contribution in [3.8, 4) is 0 Å². The van der Waals surface area contributed by atoms with E-state index in [9.17, 15) is 0 Å². The van der Waals surface area contributed by atoms with Gasteiger partial charge in [0, 0.05) is 17.8 Å². The molecule has 1 aromatic heterocycles. The molecule has 1 fully saturated rings. The molecule has 1 saturated heterocycles. The smallest absolute Gasteiger partial charge is 0.0345 e. The summed E-state index contributed by atoms with van der Waals surface area (Å²) in [6.07, 6.45) is 2.47. The van der Waals surface area contributed by atoms with Gasteiger partial charge in [-0.15, -0.1) is 11.3 Å². The second-order valence-electron chi connectivity index (χ2n) is 4.64. The van der Waals surface area contributed by atoms with Gasteiger partial charge in [0.25, 0.3) is 0 Å². The van der Waals surface area contributed by atoms with Crippen molar-refractivity contribution in [2.75, 3.05) is 13.1 Å². The fraction of sp³-hybridized carbons (Fsp3) is 0.429. The Bertz CT molecular complexity index is 494. The van der Waals surface area contributed by atoms with Gasteiger partial charge >= 0.3 is 0 Å². The van der Waals surface area contributed by atoms with Crippen LogP contribution in [0.1, 0.15) is 29.9 Å². The van der Waals surface area contributed by atoms with E-state index in [0.717, 1.165) is 19.0 Å². The predicted octanol–water partition coefficient (Wildman–Crippen LogP) is 3.69. The van der Waals surface area contributed by atoms with Crippen LogP contribution in [0.3, 0.4) is 0 Å². The number of hydrogen-bond acceptors (Lipinski definition) is 1. The predicted molar refractivity (Wildman–Crippen MR) is 70.4 cm³/mol. The first kappa shape index (κ1) is 10.3. The highest BCUT2D eigenvalue weighted by Gasteiger charge is 2.18. The topological polar surface area (TPSA) is 14.1 Å². The Kier molecular flexibility index (Phi) is 2.70.